The van der Waals surface area contributed by atoms with Gasteiger partial charge >= 0.3 is 0 Å². The van der Waals surface area contributed by atoms with Crippen LogP contribution < -0.4 is 9.46 Å². The highest BCUT2D eigenvalue weighted by molar-refractivity contribution is 7.71. The monoisotopic (exact) mass is 293 g/mol. The van der Waals surface area contributed by atoms with Crippen LogP contribution in [0.3, 0.4) is 0 Å². The van der Waals surface area contributed by atoms with Crippen LogP contribution in [0.4, 0.5) is 0 Å². The van der Waals surface area contributed by atoms with Crippen LogP contribution in [0.25, 0.3) is 10.8 Å². The smallest absolute Gasteiger partial charge is 0.240 e. The zero-order chi connectivity index (χ0) is 14.7. The summed E-state index contributed by atoms with van der Waals surface area (Å²) < 4.78 is 28.1. The molecule has 0 saturated carbocycles. The molecule has 1 amide bonds. The minimum atomic E-state index is -2.92. The van der Waals surface area contributed by atoms with E-state index < -0.39 is 22.7 Å². The largest absolute Gasteiger partial charge is 0.497 e. The highest BCUT2D eigenvalue weighted by Crippen LogP contribution is 2.25. The maximum atomic E-state index is 11.7. The number of rotatable bonds is 4. The molecule has 1 N–H and O–H groups in total. The summed E-state index contributed by atoms with van der Waals surface area (Å²) in [5.74, 6) is -0.303. The van der Waals surface area contributed by atoms with Gasteiger partial charge in [0, 0.05) is 0 Å². The van der Waals surface area contributed by atoms with E-state index >= 15 is 0 Å². The number of ether oxygens (including phenoxy) is 1. The van der Waals surface area contributed by atoms with Crippen LogP contribution in [0.1, 0.15) is 18.4 Å². The van der Waals surface area contributed by atoms with Crippen molar-refractivity contribution in [3.05, 3.63) is 42.0 Å². The van der Waals surface area contributed by atoms with Gasteiger partial charge in [-0.05, 0) is 35.4 Å². The lowest BCUT2D eigenvalue weighted by molar-refractivity contribution is -0.120. The number of nitrogens with one attached hydrogen (secondary N) is 1. The molecule has 0 aliphatic carbocycles. The van der Waals surface area contributed by atoms with E-state index in [9.17, 15) is 13.2 Å². The van der Waals surface area contributed by atoms with Crippen LogP contribution in [0.5, 0.6) is 5.75 Å². The van der Waals surface area contributed by atoms with Crippen LogP contribution in [0, 0.1) is 0 Å². The third-order valence-corrected chi connectivity index (χ3v) is 3.57. The SMILES string of the molecule is COc1ccc2cc([C@H](C)C(=O)N[SH](=O)=O)ccc2c1. The molecule has 0 aliphatic rings. The molecule has 0 aromatic heterocycles. The van der Waals surface area contributed by atoms with Gasteiger partial charge in [0.25, 0.3) is 0 Å². The number of methoxy groups -OCH3 is 1. The number of thiol groups is 1. The zero-order valence-corrected chi connectivity index (χ0v) is 12.0. The molecule has 0 spiro atoms. The van der Waals surface area contributed by atoms with Crippen molar-refractivity contribution in [1.29, 1.82) is 0 Å². The molecule has 2 rings (SSSR count). The molecule has 2 aromatic carbocycles. The summed E-state index contributed by atoms with van der Waals surface area (Å²) in [6.45, 7) is 1.67. The zero-order valence-electron chi connectivity index (χ0n) is 11.1. The molecule has 106 valence electrons. The van der Waals surface area contributed by atoms with Crippen molar-refractivity contribution < 1.29 is 17.9 Å². The summed E-state index contributed by atoms with van der Waals surface area (Å²) in [5, 5.41) is 1.96. The molecule has 1 atom stereocenters. The number of carbonyl (C=O) groups is 1. The molecule has 0 aliphatic heterocycles. The normalized spacial score (nSPS) is 12.3. The molecule has 0 unspecified atom stereocenters. The molecule has 0 heterocycles. The lowest BCUT2D eigenvalue weighted by Gasteiger charge is -2.11. The van der Waals surface area contributed by atoms with Crippen molar-refractivity contribution in [2.75, 3.05) is 7.11 Å². The minimum Gasteiger partial charge on any atom is -0.497 e. The van der Waals surface area contributed by atoms with Crippen molar-refractivity contribution in [2.24, 2.45) is 0 Å². The van der Waals surface area contributed by atoms with Gasteiger partial charge in [-0.15, -0.1) is 0 Å². The Bertz CT molecular complexity index is 716. The standard InChI is InChI=1S/C14H15NO4S/c1-9(14(16)15-20(17)18)10-3-4-12-8-13(19-2)6-5-11(12)7-10/h3-9,20H,1-2H3,(H,15,16,17,18)/t9-/m0/s1. The first-order valence-corrected chi connectivity index (χ1v) is 7.21. The Morgan fingerprint density at radius 2 is 1.80 bits per heavy atom. The summed E-state index contributed by atoms with van der Waals surface area (Å²) in [6.07, 6.45) is 0. The van der Waals surface area contributed by atoms with Gasteiger partial charge in [-0.25, -0.2) is 8.42 Å². The van der Waals surface area contributed by atoms with Crippen molar-refractivity contribution in [1.82, 2.24) is 4.72 Å². The van der Waals surface area contributed by atoms with Gasteiger partial charge in [0.15, 0.2) is 0 Å². The molecular formula is C14H15NO4S. The second-order valence-electron chi connectivity index (χ2n) is 4.43. The third kappa shape index (κ3) is 3.08. The van der Waals surface area contributed by atoms with Gasteiger partial charge in [-0.2, -0.15) is 0 Å². The first kappa shape index (κ1) is 14.3. The fourth-order valence-corrected chi connectivity index (χ4v) is 2.35. The average molecular weight is 293 g/mol. The van der Waals surface area contributed by atoms with E-state index in [1.165, 1.54) is 0 Å². The van der Waals surface area contributed by atoms with Gasteiger partial charge in [0.05, 0.1) is 13.0 Å². The summed E-state index contributed by atoms with van der Waals surface area (Å²) in [5.41, 5.74) is 0.761. The van der Waals surface area contributed by atoms with Crippen LogP contribution in [0.2, 0.25) is 0 Å². The third-order valence-electron chi connectivity index (χ3n) is 3.17. The fraction of sp³-hybridized carbons (Fsp3) is 0.214. The fourth-order valence-electron chi connectivity index (χ4n) is 1.98. The predicted molar refractivity (Wildman–Crippen MR) is 77.4 cm³/mol. The number of amides is 1. The van der Waals surface area contributed by atoms with E-state index in [1.54, 1.807) is 14.0 Å². The van der Waals surface area contributed by atoms with E-state index in [-0.39, 0.29) is 0 Å². The maximum Gasteiger partial charge on any atom is 0.240 e. The Morgan fingerprint density at radius 1 is 1.15 bits per heavy atom. The van der Waals surface area contributed by atoms with Crippen LogP contribution in [-0.4, -0.2) is 21.4 Å². The lowest BCUT2D eigenvalue weighted by Crippen LogP contribution is -2.26. The van der Waals surface area contributed by atoms with Gasteiger partial charge in [0.2, 0.25) is 16.8 Å². The van der Waals surface area contributed by atoms with E-state index in [0.717, 1.165) is 22.1 Å². The minimum absolute atomic E-state index is 0.533. The molecule has 20 heavy (non-hydrogen) atoms. The molecule has 2 aromatic rings. The quantitative estimate of drug-likeness (QED) is 0.840. The van der Waals surface area contributed by atoms with Gasteiger partial charge in [0.1, 0.15) is 5.75 Å². The molecule has 0 fully saturated rings. The predicted octanol–water partition coefficient (Wildman–Crippen LogP) is 1.59. The van der Waals surface area contributed by atoms with Crippen LogP contribution >= 0.6 is 0 Å². The number of benzene rings is 2. The number of carbonyl (C=O) groups excluding carboxylic acids is 1. The maximum absolute atomic E-state index is 11.7. The molecule has 0 radical (unpaired) electrons. The molecule has 6 heteroatoms. The topological polar surface area (TPSA) is 72.5 Å². The Morgan fingerprint density at radius 3 is 2.45 bits per heavy atom. The summed E-state index contributed by atoms with van der Waals surface area (Å²) in [7, 11) is -1.32. The first-order valence-electron chi connectivity index (χ1n) is 6.04. The highest BCUT2D eigenvalue weighted by atomic mass is 32.2. The number of hydrogen-bond acceptors (Lipinski definition) is 4. The van der Waals surface area contributed by atoms with Crippen molar-refractivity contribution in [3.63, 3.8) is 0 Å². The number of fused-ring (bicyclic) bond motifs is 1. The Hall–Kier alpha value is -2.08. The summed E-state index contributed by atoms with van der Waals surface area (Å²) in [4.78, 5) is 11.7. The molecule has 0 saturated heterocycles. The van der Waals surface area contributed by atoms with E-state index in [1.807, 2.05) is 41.1 Å². The van der Waals surface area contributed by atoms with Crippen LogP contribution in [-0.2, 0) is 15.7 Å². The van der Waals surface area contributed by atoms with E-state index in [2.05, 4.69) is 0 Å². The van der Waals surface area contributed by atoms with Gasteiger partial charge < -0.3 is 4.74 Å². The van der Waals surface area contributed by atoms with Crippen molar-refractivity contribution >= 4 is 27.6 Å². The summed E-state index contributed by atoms with van der Waals surface area (Å²) in [6, 6.07) is 11.2. The van der Waals surface area contributed by atoms with Crippen molar-refractivity contribution in [2.45, 2.75) is 12.8 Å². The summed E-state index contributed by atoms with van der Waals surface area (Å²) >= 11 is 0. The van der Waals surface area contributed by atoms with Crippen LogP contribution in [0.15, 0.2) is 36.4 Å². The van der Waals surface area contributed by atoms with Crippen molar-refractivity contribution in [3.8, 4) is 5.75 Å². The van der Waals surface area contributed by atoms with Gasteiger partial charge in [-0.1, -0.05) is 24.3 Å². The first-order chi connectivity index (χ1) is 9.51. The molecule has 0 bridgehead atoms. The number of hydrogen-bond donors (Lipinski definition) is 2. The average Bonchev–Trinajstić information content (AvgIpc) is 2.44. The van der Waals surface area contributed by atoms with E-state index in [4.69, 9.17) is 4.74 Å². The van der Waals surface area contributed by atoms with E-state index in [0.29, 0.717) is 0 Å². The Kier molecular flexibility index (Phi) is 4.24. The Balaban J connectivity index is 2.34. The second kappa shape index (κ2) is 5.92. The molecule has 5 nitrogen and oxygen atoms in total. The lowest BCUT2D eigenvalue weighted by atomic mass is 9.97. The second-order valence-corrected chi connectivity index (χ2v) is 5.17. The Labute approximate surface area is 118 Å². The highest BCUT2D eigenvalue weighted by Gasteiger charge is 2.15. The van der Waals surface area contributed by atoms with Gasteiger partial charge in [-0.3, -0.25) is 9.52 Å². The molecular weight excluding hydrogens is 278 g/mol.